The molecule has 0 saturated carbocycles. The predicted octanol–water partition coefficient (Wildman–Crippen LogP) is 3.23. The quantitative estimate of drug-likeness (QED) is 0.806. The molecule has 1 aromatic carbocycles. The highest BCUT2D eigenvalue weighted by molar-refractivity contribution is 5.89. The van der Waals surface area contributed by atoms with Gasteiger partial charge in [-0.2, -0.15) is 0 Å². The molecule has 1 fully saturated rings. The molecule has 1 saturated heterocycles. The Hall–Kier alpha value is -2.66. The Morgan fingerprint density at radius 2 is 1.79 bits per heavy atom. The second kappa shape index (κ2) is 6.09. The monoisotopic (exact) mass is 320 g/mol. The van der Waals surface area contributed by atoms with Gasteiger partial charge in [0.25, 0.3) is 0 Å². The largest absolute Gasteiger partial charge is 0.351 e. The fourth-order valence-electron chi connectivity index (χ4n) is 3.33. The average molecular weight is 320 g/mol. The van der Waals surface area contributed by atoms with Crippen LogP contribution in [0.4, 0.5) is 4.79 Å². The molecule has 0 atom stereocenters. The van der Waals surface area contributed by atoms with Gasteiger partial charge in [-0.05, 0) is 49.7 Å². The lowest BCUT2D eigenvalue weighted by Gasteiger charge is -2.14. The van der Waals surface area contributed by atoms with Crippen LogP contribution in [0, 0.1) is 0 Å². The number of hydrogen-bond acceptors (Lipinski definition) is 3. The molecule has 4 rings (SSSR count). The number of carbonyl (C=O) groups excluding carboxylic acids is 1. The fraction of sp³-hybridized carbons (Fsp3) is 0.263. The third kappa shape index (κ3) is 2.78. The standard InChI is InChI=1S/C19H20N4O/c20-19(24)23-12-9-16-7-8-17(21-18(16)23)15-5-3-14(4-6-15)13-22-10-1-2-11-22/h3-9,12H,1-2,10-11,13H2,(H2,20,24). The normalized spacial score (nSPS) is 15.2. The van der Waals surface area contributed by atoms with Gasteiger partial charge in [0.1, 0.15) is 5.65 Å². The van der Waals surface area contributed by atoms with Gasteiger partial charge in [-0.25, -0.2) is 9.78 Å². The molecule has 1 aliphatic rings. The summed E-state index contributed by atoms with van der Waals surface area (Å²) in [6, 6.07) is 13.8. The van der Waals surface area contributed by atoms with E-state index in [4.69, 9.17) is 5.73 Å². The second-order valence-electron chi connectivity index (χ2n) is 6.31. The van der Waals surface area contributed by atoms with Gasteiger partial charge in [0.05, 0.1) is 5.69 Å². The molecule has 0 radical (unpaired) electrons. The van der Waals surface area contributed by atoms with Crippen molar-refractivity contribution in [3.05, 3.63) is 54.2 Å². The molecular weight excluding hydrogens is 300 g/mol. The molecule has 3 aromatic rings. The minimum atomic E-state index is -0.518. The van der Waals surface area contributed by atoms with Crippen molar-refractivity contribution in [3.8, 4) is 11.3 Å². The summed E-state index contributed by atoms with van der Waals surface area (Å²) in [5.74, 6) is 0. The summed E-state index contributed by atoms with van der Waals surface area (Å²) in [6.07, 6.45) is 4.27. The van der Waals surface area contributed by atoms with Crippen molar-refractivity contribution in [2.75, 3.05) is 13.1 Å². The number of benzene rings is 1. The van der Waals surface area contributed by atoms with E-state index in [1.807, 2.05) is 18.2 Å². The third-order valence-electron chi connectivity index (χ3n) is 4.63. The van der Waals surface area contributed by atoms with E-state index < -0.39 is 6.03 Å². The van der Waals surface area contributed by atoms with E-state index in [0.29, 0.717) is 5.65 Å². The minimum Gasteiger partial charge on any atom is -0.351 e. The summed E-state index contributed by atoms with van der Waals surface area (Å²) in [4.78, 5) is 18.6. The lowest BCUT2D eigenvalue weighted by Crippen LogP contribution is -2.18. The first kappa shape index (κ1) is 14.9. The maximum Gasteiger partial charge on any atom is 0.324 e. The van der Waals surface area contributed by atoms with Gasteiger partial charge in [0.15, 0.2) is 0 Å². The van der Waals surface area contributed by atoms with E-state index in [-0.39, 0.29) is 0 Å². The topological polar surface area (TPSA) is 64.2 Å². The van der Waals surface area contributed by atoms with Crippen molar-refractivity contribution in [1.29, 1.82) is 0 Å². The molecule has 2 N–H and O–H groups in total. The Kier molecular flexibility index (Phi) is 3.78. The molecule has 1 aliphatic heterocycles. The van der Waals surface area contributed by atoms with Crippen LogP contribution in [0.3, 0.4) is 0 Å². The number of hydrogen-bond donors (Lipinski definition) is 1. The van der Waals surface area contributed by atoms with Gasteiger partial charge in [0, 0.05) is 23.7 Å². The highest BCUT2D eigenvalue weighted by Crippen LogP contribution is 2.23. The van der Waals surface area contributed by atoms with Crippen LogP contribution in [0.2, 0.25) is 0 Å². The van der Waals surface area contributed by atoms with Crippen molar-refractivity contribution in [3.63, 3.8) is 0 Å². The average Bonchev–Trinajstić information content (AvgIpc) is 3.24. The van der Waals surface area contributed by atoms with E-state index in [0.717, 1.165) is 23.2 Å². The molecule has 2 aromatic heterocycles. The number of rotatable bonds is 3. The lowest BCUT2D eigenvalue weighted by atomic mass is 10.1. The zero-order valence-corrected chi connectivity index (χ0v) is 13.5. The maximum atomic E-state index is 11.5. The summed E-state index contributed by atoms with van der Waals surface area (Å²) in [5, 5.41) is 0.906. The van der Waals surface area contributed by atoms with E-state index >= 15 is 0 Å². The first-order valence-corrected chi connectivity index (χ1v) is 8.30. The summed E-state index contributed by atoms with van der Waals surface area (Å²) < 4.78 is 1.38. The van der Waals surface area contributed by atoms with Gasteiger partial charge < -0.3 is 5.73 Å². The van der Waals surface area contributed by atoms with Crippen LogP contribution in [-0.2, 0) is 6.54 Å². The number of pyridine rings is 1. The highest BCUT2D eigenvalue weighted by atomic mass is 16.2. The molecule has 1 amide bonds. The molecule has 3 heterocycles. The Morgan fingerprint density at radius 3 is 2.50 bits per heavy atom. The van der Waals surface area contributed by atoms with E-state index in [1.54, 1.807) is 6.20 Å². The number of nitrogens with zero attached hydrogens (tertiary/aromatic N) is 3. The molecular formula is C19H20N4O. The number of aromatic nitrogens is 2. The van der Waals surface area contributed by atoms with Crippen molar-refractivity contribution in [2.24, 2.45) is 5.73 Å². The van der Waals surface area contributed by atoms with Gasteiger partial charge >= 0.3 is 6.03 Å². The van der Waals surface area contributed by atoms with Crippen LogP contribution >= 0.6 is 0 Å². The van der Waals surface area contributed by atoms with Crippen molar-refractivity contribution in [1.82, 2.24) is 14.5 Å². The number of nitrogens with two attached hydrogens (primary N) is 1. The number of carbonyl (C=O) groups is 1. The summed E-state index contributed by atoms with van der Waals surface area (Å²) >= 11 is 0. The fourth-order valence-corrected chi connectivity index (χ4v) is 3.33. The Bertz CT molecular complexity index is 876. The molecule has 5 nitrogen and oxygen atoms in total. The predicted molar refractivity (Wildman–Crippen MR) is 94.7 cm³/mol. The number of fused-ring (bicyclic) bond motifs is 1. The van der Waals surface area contributed by atoms with Crippen LogP contribution in [0.1, 0.15) is 18.4 Å². The SMILES string of the molecule is NC(=O)n1ccc2ccc(-c3ccc(CN4CCCC4)cc3)nc21. The van der Waals surface area contributed by atoms with E-state index in [9.17, 15) is 4.79 Å². The summed E-state index contributed by atoms with van der Waals surface area (Å²) in [6.45, 7) is 3.41. The van der Waals surface area contributed by atoms with Gasteiger partial charge in [0.2, 0.25) is 0 Å². The van der Waals surface area contributed by atoms with Gasteiger partial charge in [-0.1, -0.05) is 24.3 Å². The smallest absolute Gasteiger partial charge is 0.324 e. The summed E-state index contributed by atoms with van der Waals surface area (Å²) in [5.41, 5.74) is 9.19. The first-order valence-electron chi connectivity index (χ1n) is 8.30. The third-order valence-corrected chi connectivity index (χ3v) is 4.63. The molecule has 0 spiro atoms. The second-order valence-corrected chi connectivity index (χ2v) is 6.31. The Morgan fingerprint density at radius 1 is 1.04 bits per heavy atom. The van der Waals surface area contributed by atoms with Crippen molar-refractivity contribution >= 4 is 17.1 Å². The molecule has 122 valence electrons. The first-order chi connectivity index (χ1) is 11.7. The minimum absolute atomic E-state index is 0.518. The zero-order chi connectivity index (χ0) is 16.5. The maximum absolute atomic E-state index is 11.5. The van der Waals surface area contributed by atoms with E-state index in [1.165, 1.54) is 36.1 Å². The molecule has 0 unspecified atom stereocenters. The van der Waals surface area contributed by atoms with Crippen LogP contribution in [0.15, 0.2) is 48.7 Å². The summed E-state index contributed by atoms with van der Waals surface area (Å²) in [7, 11) is 0. The van der Waals surface area contributed by atoms with Crippen molar-refractivity contribution in [2.45, 2.75) is 19.4 Å². The van der Waals surface area contributed by atoms with Gasteiger partial charge in [-0.3, -0.25) is 9.47 Å². The number of primary amides is 1. The molecule has 5 heteroatoms. The Labute approximate surface area is 140 Å². The highest BCUT2D eigenvalue weighted by Gasteiger charge is 2.12. The zero-order valence-electron chi connectivity index (χ0n) is 13.5. The molecule has 0 aliphatic carbocycles. The lowest BCUT2D eigenvalue weighted by molar-refractivity contribution is 0.251. The number of amides is 1. The number of likely N-dealkylation sites (tertiary alicyclic amines) is 1. The van der Waals surface area contributed by atoms with Gasteiger partial charge in [-0.15, -0.1) is 0 Å². The van der Waals surface area contributed by atoms with Crippen LogP contribution in [-0.4, -0.2) is 33.6 Å². The Balaban J connectivity index is 1.61. The van der Waals surface area contributed by atoms with E-state index in [2.05, 4.69) is 34.1 Å². The molecule has 0 bridgehead atoms. The van der Waals surface area contributed by atoms with Crippen molar-refractivity contribution < 1.29 is 4.79 Å². The van der Waals surface area contributed by atoms with Crippen LogP contribution in [0.5, 0.6) is 0 Å². The van der Waals surface area contributed by atoms with Crippen LogP contribution in [0.25, 0.3) is 22.3 Å². The molecule has 24 heavy (non-hydrogen) atoms. The van der Waals surface area contributed by atoms with Crippen LogP contribution < -0.4 is 5.73 Å².